The summed E-state index contributed by atoms with van der Waals surface area (Å²) in [5, 5.41) is 3.30. The van der Waals surface area contributed by atoms with Crippen LogP contribution in [0.1, 0.15) is 0 Å². The molecule has 0 aliphatic carbocycles. The average Bonchev–Trinajstić information content (AvgIpc) is 2.52. The van der Waals surface area contributed by atoms with Gasteiger partial charge in [0.25, 0.3) is 0 Å². The van der Waals surface area contributed by atoms with Gasteiger partial charge in [-0.05, 0) is 24.3 Å². The molecule has 1 aliphatic heterocycles. The number of rotatable bonds is 5. The summed E-state index contributed by atoms with van der Waals surface area (Å²) in [5.74, 6) is 2.49. The van der Waals surface area contributed by atoms with Gasteiger partial charge in [-0.1, -0.05) is 18.2 Å². The van der Waals surface area contributed by atoms with Crippen molar-refractivity contribution < 1.29 is 14.2 Å². The van der Waals surface area contributed by atoms with E-state index in [1.54, 1.807) is 0 Å². The lowest BCUT2D eigenvalue weighted by molar-refractivity contribution is 0.171. The van der Waals surface area contributed by atoms with Crippen molar-refractivity contribution in [1.29, 1.82) is 0 Å². The average molecular weight is 271 g/mol. The smallest absolute Gasteiger partial charge is 0.163 e. The Bertz CT molecular complexity index is 557. The highest BCUT2D eigenvalue weighted by Crippen LogP contribution is 2.32. The van der Waals surface area contributed by atoms with E-state index in [1.165, 1.54) is 0 Å². The molecule has 2 aromatic carbocycles. The molecule has 0 unspecified atom stereocenters. The van der Waals surface area contributed by atoms with Crippen LogP contribution in [0.5, 0.6) is 17.2 Å². The zero-order valence-electron chi connectivity index (χ0n) is 11.2. The van der Waals surface area contributed by atoms with E-state index in [0.717, 1.165) is 29.5 Å². The molecule has 1 aliphatic rings. The highest BCUT2D eigenvalue weighted by molar-refractivity contribution is 5.55. The summed E-state index contributed by atoms with van der Waals surface area (Å²) >= 11 is 0. The maximum Gasteiger partial charge on any atom is 0.163 e. The first-order valence-electron chi connectivity index (χ1n) is 6.73. The van der Waals surface area contributed by atoms with Crippen LogP contribution in [-0.4, -0.2) is 26.4 Å². The summed E-state index contributed by atoms with van der Waals surface area (Å²) in [5.41, 5.74) is 1.01. The van der Waals surface area contributed by atoms with Crippen LogP contribution in [0.2, 0.25) is 0 Å². The first-order valence-corrected chi connectivity index (χ1v) is 6.73. The zero-order chi connectivity index (χ0) is 13.6. The molecule has 0 saturated heterocycles. The van der Waals surface area contributed by atoms with E-state index in [2.05, 4.69) is 5.32 Å². The number of benzene rings is 2. The summed E-state index contributed by atoms with van der Waals surface area (Å²) < 4.78 is 16.6. The van der Waals surface area contributed by atoms with Gasteiger partial charge in [0, 0.05) is 18.3 Å². The van der Waals surface area contributed by atoms with Gasteiger partial charge in [0.05, 0.1) is 0 Å². The van der Waals surface area contributed by atoms with Crippen molar-refractivity contribution in [2.75, 3.05) is 31.7 Å². The molecule has 0 spiro atoms. The molecule has 0 amide bonds. The molecular formula is C16H17NO3. The third-order valence-electron chi connectivity index (χ3n) is 2.99. The second kappa shape index (κ2) is 6.19. The van der Waals surface area contributed by atoms with Crippen molar-refractivity contribution in [3.8, 4) is 17.2 Å². The molecule has 104 valence electrons. The predicted octanol–water partition coefficient (Wildman–Crippen LogP) is 2.95. The molecule has 0 saturated carbocycles. The van der Waals surface area contributed by atoms with Crippen molar-refractivity contribution in [2.24, 2.45) is 0 Å². The Morgan fingerprint density at radius 2 is 1.75 bits per heavy atom. The summed E-state index contributed by atoms with van der Waals surface area (Å²) in [6.07, 6.45) is 0. The Morgan fingerprint density at radius 3 is 2.60 bits per heavy atom. The second-order valence-corrected chi connectivity index (χ2v) is 4.45. The first-order chi connectivity index (χ1) is 9.92. The normalized spacial score (nSPS) is 12.8. The van der Waals surface area contributed by atoms with E-state index < -0.39 is 0 Å². The molecule has 0 radical (unpaired) electrons. The van der Waals surface area contributed by atoms with Gasteiger partial charge in [0.15, 0.2) is 11.5 Å². The second-order valence-electron chi connectivity index (χ2n) is 4.45. The summed E-state index contributed by atoms with van der Waals surface area (Å²) in [7, 11) is 0. The highest BCUT2D eigenvalue weighted by atomic mass is 16.6. The summed E-state index contributed by atoms with van der Waals surface area (Å²) in [6.45, 7) is 2.56. The van der Waals surface area contributed by atoms with Crippen molar-refractivity contribution in [1.82, 2.24) is 0 Å². The van der Waals surface area contributed by atoms with Crippen LogP contribution in [0.25, 0.3) is 0 Å². The lowest BCUT2D eigenvalue weighted by Gasteiger charge is -2.19. The van der Waals surface area contributed by atoms with Gasteiger partial charge in [-0.15, -0.1) is 0 Å². The number of hydrogen-bond acceptors (Lipinski definition) is 4. The molecule has 4 heteroatoms. The first kappa shape index (κ1) is 12.7. The number of fused-ring (bicyclic) bond motifs is 1. The standard InChI is InChI=1S/C16H17NO3/c1-2-4-14(5-3-1)18-9-8-17-13-6-7-15-16(12-13)20-11-10-19-15/h1-7,12,17H,8-11H2. The minimum absolute atomic E-state index is 0.605. The Labute approximate surface area is 118 Å². The van der Waals surface area contributed by atoms with E-state index in [4.69, 9.17) is 14.2 Å². The third kappa shape index (κ3) is 3.15. The number of anilines is 1. The Morgan fingerprint density at radius 1 is 0.950 bits per heavy atom. The van der Waals surface area contributed by atoms with Gasteiger partial charge in [0.1, 0.15) is 25.6 Å². The predicted molar refractivity (Wildman–Crippen MR) is 77.9 cm³/mol. The minimum Gasteiger partial charge on any atom is -0.492 e. The van der Waals surface area contributed by atoms with Crippen LogP contribution in [0.3, 0.4) is 0 Å². The molecule has 0 aromatic heterocycles. The Kier molecular flexibility index (Phi) is 3.92. The van der Waals surface area contributed by atoms with Crippen LogP contribution in [0, 0.1) is 0 Å². The third-order valence-corrected chi connectivity index (χ3v) is 2.99. The van der Waals surface area contributed by atoms with Crippen molar-refractivity contribution >= 4 is 5.69 Å². The van der Waals surface area contributed by atoms with Crippen LogP contribution in [-0.2, 0) is 0 Å². The van der Waals surface area contributed by atoms with Crippen LogP contribution >= 0.6 is 0 Å². The van der Waals surface area contributed by atoms with E-state index in [0.29, 0.717) is 19.8 Å². The molecule has 4 nitrogen and oxygen atoms in total. The molecular weight excluding hydrogens is 254 g/mol. The van der Waals surface area contributed by atoms with Crippen LogP contribution < -0.4 is 19.5 Å². The van der Waals surface area contributed by atoms with Gasteiger partial charge < -0.3 is 19.5 Å². The number of nitrogens with one attached hydrogen (secondary N) is 1. The van der Waals surface area contributed by atoms with E-state index in [1.807, 2.05) is 48.5 Å². The monoisotopic (exact) mass is 271 g/mol. The Hall–Kier alpha value is -2.36. The summed E-state index contributed by atoms with van der Waals surface area (Å²) in [4.78, 5) is 0. The van der Waals surface area contributed by atoms with Crippen LogP contribution in [0.4, 0.5) is 5.69 Å². The largest absolute Gasteiger partial charge is 0.492 e. The molecule has 1 N–H and O–H groups in total. The van der Waals surface area contributed by atoms with Gasteiger partial charge in [0.2, 0.25) is 0 Å². The van der Waals surface area contributed by atoms with E-state index in [9.17, 15) is 0 Å². The number of ether oxygens (including phenoxy) is 3. The molecule has 3 rings (SSSR count). The topological polar surface area (TPSA) is 39.7 Å². The number of para-hydroxylation sites is 1. The van der Waals surface area contributed by atoms with Crippen molar-refractivity contribution in [2.45, 2.75) is 0 Å². The fraction of sp³-hybridized carbons (Fsp3) is 0.250. The SMILES string of the molecule is c1ccc(OCCNc2ccc3c(c2)OCCO3)cc1. The molecule has 20 heavy (non-hydrogen) atoms. The van der Waals surface area contributed by atoms with Gasteiger partial charge >= 0.3 is 0 Å². The maximum atomic E-state index is 5.62. The molecule has 1 heterocycles. The quantitative estimate of drug-likeness (QED) is 0.849. The van der Waals surface area contributed by atoms with Gasteiger partial charge in [-0.25, -0.2) is 0 Å². The maximum absolute atomic E-state index is 5.62. The van der Waals surface area contributed by atoms with Crippen molar-refractivity contribution in [3.63, 3.8) is 0 Å². The zero-order valence-corrected chi connectivity index (χ0v) is 11.2. The Balaban J connectivity index is 1.49. The van der Waals surface area contributed by atoms with Crippen LogP contribution in [0.15, 0.2) is 48.5 Å². The molecule has 0 bridgehead atoms. The van der Waals surface area contributed by atoms with E-state index in [-0.39, 0.29) is 0 Å². The van der Waals surface area contributed by atoms with Gasteiger partial charge in [-0.2, -0.15) is 0 Å². The summed E-state index contributed by atoms with van der Waals surface area (Å²) in [6, 6.07) is 15.7. The minimum atomic E-state index is 0.605. The number of hydrogen-bond donors (Lipinski definition) is 1. The lowest BCUT2D eigenvalue weighted by Crippen LogP contribution is -2.16. The fourth-order valence-electron chi connectivity index (χ4n) is 2.03. The van der Waals surface area contributed by atoms with E-state index >= 15 is 0 Å². The van der Waals surface area contributed by atoms with Crippen molar-refractivity contribution in [3.05, 3.63) is 48.5 Å². The highest BCUT2D eigenvalue weighted by Gasteiger charge is 2.11. The van der Waals surface area contributed by atoms with Gasteiger partial charge in [-0.3, -0.25) is 0 Å². The molecule has 0 fully saturated rings. The lowest BCUT2D eigenvalue weighted by atomic mass is 10.2. The molecule has 0 atom stereocenters. The molecule has 2 aromatic rings. The fourth-order valence-corrected chi connectivity index (χ4v) is 2.03.